The van der Waals surface area contributed by atoms with Crippen molar-refractivity contribution < 1.29 is 9.53 Å². The molecule has 0 aliphatic carbocycles. The van der Waals surface area contributed by atoms with Gasteiger partial charge in [0.25, 0.3) is 0 Å². The summed E-state index contributed by atoms with van der Waals surface area (Å²) in [5, 5.41) is 13.5. The molecule has 1 atom stereocenters. The zero-order valence-electron chi connectivity index (χ0n) is 13.3. The third-order valence-corrected chi connectivity index (χ3v) is 3.81. The molecule has 0 N–H and O–H groups in total. The highest BCUT2D eigenvalue weighted by Crippen LogP contribution is 2.25. The van der Waals surface area contributed by atoms with E-state index in [-0.39, 0.29) is 11.9 Å². The number of aromatic nitrogens is 2. The van der Waals surface area contributed by atoms with Crippen LogP contribution in [0.3, 0.4) is 0 Å². The van der Waals surface area contributed by atoms with Gasteiger partial charge in [-0.15, -0.1) is 0 Å². The first kappa shape index (κ1) is 15.8. The minimum atomic E-state index is -0.343. The number of methoxy groups -OCH3 is 1. The number of benzene rings is 1. The first-order chi connectivity index (χ1) is 10.5. The summed E-state index contributed by atoms with van der Waals surface area (Å²) in [5.41, 5.74) is 4.30. The highest BCUT2D eigenvalue weighted by Gasteiger charge is 2.23. The third-order valence-electron chi connectivity index (χ3n) is 3.81. The van der Waals surface area contributed by atoms with Gasteiger partial charge in [0, 0.05) is 11.3 Å². The number of nitriles is 1. The van der Waals surface area contributed by atoms with Gasteiger partial charge < -0.3 is 4.74 Å². The van der Waals surface area contributed by atoms with Crippen molar-refractivity contribution in [2.24, 2.45) is 0 Å². The van der Waals surface area contributed by atoms with Crippen LogP contribution in [0.25, 0.3) is 0 Å². The van der Waals surface area contributed by atoms with E-state index in [4.69, 9.17) is 10.00 Å². The van der Waals surface area contributed by atoms with Crippen LogP contribution in [0.5, 0.6) is 0 Å². The Morgan fingerprint density at radius 3 is 2.82 bits per heavy atom. The Hall–Kier alpha value is -2.61. The Bertz CT molecular complexity index is 741. The maximum absolute atomic E-state index is 11.8. The SMILES string of the molecule is COC(=O)[C@@H](C)c1c(C)nn(Cc2cccc(C#N)c2)c1C. The lowest BCUT2D eigenvalue weighted by molar-refractivity contribution is -0.142. The molecule has 2 rings (SSSR count). The molecule has 0 saturated carbocycles. The second kappa shape index (κ2) is 6.44. The summed E-state index contributed by atoms with van der Waals surface area (Å²) in [7, 11) is 1.39. The molecule has 5 heteroatoms. The molecule has 0 spiro atoms. The first-order valence-corrected chi connectivity index (χ1v) is 7.08. The molecular formula is C17H19N3O2. The quantitative estimate of drug-likeness (QED) is 0.814. The van der Waals surface area contributed by atoms with Gasteiger partial charge in [0.2, 0.25) is 0 Å². The number of carbonyl (C=O) groups excluding carboxylic acids is 1. The van der Waals surface area contributed by atoms with Crippen LogP contribution in [0.2, 0.25) is 0 Å². The van der Waals surface area contributed by atoms with E-state index >= 15 is 0 Å². The highest BCUT2D eigenvalue weighted by molar-refractivity contribution is 5.78. The average Bonchev–Trinajstić information content (AvgIpc) is 2.80. The van der Waals surface area contributed by atoms with Crippen LogP contribution in [0.15, 0.2) is 24.3 Å². The fraction of sp³-hybridized carbons (Fsp3) is 0.353. The second-order valence-corrected chi connectivity index (χ2v) is 5.30. The average molecular weight is 297 g/mol. The largest absolute Gasteiger partial charge is 0.469 e. The van der Waals surface area contributed by atoms with Crippen molar-refractivity contribution in [3.63, 3.8) is 0 Å². The zero-order chi connectivity index (χ0) is 16.3. The lowest BCUT2D eigenvalue weighted by Gasteiger charge is -2.10. The maximum atomic E-state index is 11.8. The molecule has 0 amide bonds. The molecule has 0 aliphatic rings. The number of aryl methyl sites for hydroxylation is 1. The van der Waals surface area contributed by atoms with Crippen LogP contribution in [0.1, 0.15) is 40.9 Å². The van der Waals surface area contributed by atoms with E-state index in [1.807, 2.05) is 43.7 Å². The standard InChI is InChI=1S/C17H19N3O2/c1-11(17(21)22-4)16-12(2)19-20(13(16)3)10-15-7-5-6-14(8-15)9-18/h5-8,11H,10H2,1-4H3/t11-/m0/s1. The minimum absolute atomic E-state index is 0.266. The van der Waals surface area contributed by atoms with E-state index < -0.39 is 0 Å². The first-order valence-electron chi connectivity index (χ1n) is 7.08. The van der Waals surface area contributed by atoms with Crippen LogP contribution in [-0.2, 0) is 16.1 Å². The van der Waals surface area contributed by atoms with Crippen molar-refractivity contribution in [2.45, 2.75) is 33.2 Å². The van der Waals surface area contributed by atoms with Crippen molar-refractivity contribution >= 4 is 5.97 Å². The maximum Gasteiger partial charge on any atom is 0.312 e. The van der Waals surface area contributed by atoms with E-state index in [1.54, 1.807) is 6.07 Å². The van der Waals surface area contributed by atoms with Crippen LogP contribution in [0, 0.1) is 25.2 Å². The van der Waals surface area contributed by atoms with Crippen molar-refractivity contribution in [1.29, 1.82) is 5.26 Å². The minimum Gasteiger partial charge on any atom is -0.469 e. The fourth-order valence-corrected chi connectivity index (χ4v) is 2.70. The van der Waals surface area contributed by atoms with Gasteiger partial charge in [-0.3, -0.25) is 9.48 Å². The van der Waals surface area contributed by atoms with Crippen molar-refractivity contribution in [2.75, 3.05) is 7.11 Å². The van der Waals surface area contributed by atoms with E-state index in [1.165, 1.54) is 7.11 Å². The number of hydrogen-bond acceptors (Lipinski definition) is 4. The summed E-state index contributed by atoms with van der Waals surface area (Å²) < 4.78 is 6.68. The Morgan fingerprint density at radius 1 is 1.45 bits per heavy atom. The van der Waals surface area contributed by atoms with E-state index in [0.717, 1.165) is 22.5 Å². The number of carbonyl (C=O) groups is 1. The molecule has 0 bridgehead atoms. The third kappa shape index (κ3) is 3.01. The lowest BCUT2D eigenvalue weighted by atomic mass is 9.99. The van der Waals surface area contributed by atoms with Gasteiger partial charge in [-0.25, -0.2) is 0 Å². The number of ether oxygens (including phenoxy) is 1. The number of hydrogen-bond donors (Lipinski definition) is 0. The molecule has 0 fully saturated rings. The smallest absolute Gasteiger partial charge is 0.312 e. The molecule has 0 saturated heterocycles. The topological polar surface area (TPSA) is 67.9 Å². The summed E-state index contributed by atoms with van der Waals surface area (Å²) >= 11 is 0. The lowest BCUT2D eigenvalue weighted by Crippen LogP contribution is -2.13. The van der Waals surface area contributed by atoms with Gasteiger partial charge in [-0.1, -0.05) is 12.1 Å². The van der Waals surface area contributed by atoms with Gasteiger partial charge in [0.05, 0.1) is 36.9 Å². The summed E-state index contributed by atoms with van der Waals surface area (Å²) in [5.74, 6) is -0.610. The molecule has 1 aromatic carbocycles. The van der Waals surface area contributed by atoms with E-state index in [9.17, 15) is 4.79 Å². The molecule has 0 unspecified atom stereocenters. The molecular weight excluding hydrogens is 278 g/mol. The van der Waals surface area contributed by atoms with Gasteiger partial charge in [-0.2, -0.15) is 10.4 Å². The predicted molar refractivity (Wildman–Crippen MR) is 82.4 cm³/mol. The molecule has 5 nitrogen and oxygen atoms in total. The molecule has 0 aliphatic heterocycles. The van der Waals surface area contributed by atoms with Crippen molar-refractivity contribution in [3.05, 3.63) is 52.3 Å². The van der Waals surface area contributed by atoms with Gasteiger partial charge in [0.15, 0.2) is 0 Å². The molecule has 1 aromatic heterocycles. The van der Waals surface area contributed by atoms with Gasteiger partial charge in [0.1, 0.15) is 0 Å². The van der Waals surface area contributed by atoms with Crippen LogP contribution < -0.4 is 0 Å². The number of rotatable bonds is 4. The van der Waals surface area contributed by atoms with Crippen LogP contribution >= 0.6 is 0 Å². The van der Waals surface area contributed by atoms with Crippen molar-refractivity contribution in [1.82, 2.24) is 9.78 Å². The number of nitrogens with zero attached hydrogens (tertiary/aromatic N) is 3. The highest BCUT2D eigenvalue weighted by atomic mass is 16.5. The Kier molecular flexibility index (Phi) is 4.62. The summed E-state index contributed by atoms with van der Waals surface area (Å²) in [6.07, 6.45) is 0. The summed E-state index contributed by atoms with van der Waals surface area (Å²) in [6.45, 7) is 6.23. The summed E-state index contributed by atoms with van der Waals surface area (Å²) in [6, 6.07) is 9.57. The van der Waals surface area contributed by atoms with E-state index in [2.05, 4.69) is 11.2 Å². The Labute approximate surface area is 130 Å². The monoisotopic (exact) mass is 297 g/mol. The normalized spacial score (nSPS) is 11.8. The second-order valence-electron chi connectivity index (χ2n) is 5.30. The zero-order valence-corrected chi connectivity index (χ0v) is 13.3. The molecule has 114 valence electrons. The molecule has 22 heavy (non-hydrogen) atoms. The molecule has 2 aromatic rings. The Morgan fingerprint density at radius 2 is 2.18 bits per heavy atom. The van der Waals surface area contributed by atoms with Crippen LogP contribution in [0.4, 0.5) is 0 Å². The predicted octanol–water partition coefficient (Wildman–Crippen LogP) is 2.70. The fourth-order valence-electron chi connectivity index (χ4n) is 2.70. The van der Waals surface area contributed by atoms with Crippen LogP contribution in [-0.4, -0.2) is 22.9 Å². The van der Waals surface area contributed by atoms with Gasteiger partial charge in [-0.05, 0) is 38.5 Å². The Balaban J connectivity index is 2.34. The summed E-state index contributed by atoms with van der Waals surface area (Å²) in [4.78, 5) is 11.8. The molecule has 0 radical (unpaired) electrons. The number of esters is 1. The van der Waals surface area contributed by atoms with Gasteiger partial charge >= 0.3 is 5.97 Å². The molecule has 1 heterocycles. The van der Waals surface area contributed by atoms with E-state index in [0.29, 0.717) is 12.1 Å². The van der Waals surface area contributed by atoms with Crippen molar-refractivity contribution in [3.8, 4) is 6.07 Å².